The molecule has 1 aromatic carbocycles. The first-order valence-electron chi connectivity index (χ1n) is 4.39. The van der Waals surface area contributed by atoms with Crippen molar-refractivity contribution < 1.29 is 13.3 Å². The molecule has 0 aromatic heterocycles. The van der Waals surface area contributed by atoms with Gasteiger partial charge >= 0.3 is 0 Å². The number of halogens is 1. The second-order valence-corrected chi connectivity index (χ2v) is 6.32. The minimum Gasteiger partial charge on any atom is -0.304 e. The summed E-state index contributed by atoms with van der Waals surface area (Å²) in [7, 11) is -3.17. The molecule has 0 aliphatic carbocycles. The van der Waals surface area contributed by atoms with E-state index in [9.17, 15) is 8.42 Å². The van der Waals surface area contributed by atoms with Crippen LogP contribution in [0.2, 0.25) is 0 Å². The van der Waals surface area contributed by atoms with E-state index in [4.69, 9.17) is 5.90 Å². The smallest absolute Gasteiger partial charge is 0.179 e. The van der Waals surface area contributed by atoms with Crippen molar-refractivity contribution in [3.63, 3.8) is 0 Å². The lowest BCUT2D eigenvalue weighted by Crippen LogP contribution is -2.13. The fraction of sp³-hybridized carbons (Fsp3) is 0.333. The highest BCUT2D eigenvalue weighted by Gasteiger charge is 2.36. The number of hydrogen-bond acceptors (Lipinski definition) is 4. The first-order chi connectivity index (χ1) is 7.06. The Bertz CT molecular complexity index is 486. The molecule has 1 unspecified atom stereocenters. The Kier molecular flexibility index (Phi) is 2.85. The third-order valence-corrected chi connectivity index (χ3v) is 5.03. The van der Waals surface area contributed by atoms with E-state index < -0.39 is 9.84 Å². The van der Waals surface area contributed by atoms with Crippen molar-refractivity contribution in [1.82, 2.24) is 0 Å². The number of nitrogens with two attached hydrogens (primary N) is 1. The Hall–Kier alpha value is -0.430. The second-order valence-electron chi connectivity index (χ2n) is 3.46. The van der Waals surface area contributed by atoms with Crippen LogP contribution < -0.4 is 5.90 Å². The molecule has 0 spiro atoms. The molecule has 15 heavy (non-hydrogen) atoms. The number of fused-ring (bicyclic) bond motifs is 1. The highest BCUT2D eigenvalue weighted by Crippen LogP contribution is 2.39. The van der Waals surface area contributed by atoms with Crippen molar-refractivity contribution in [2.45, 2.75) is 10.8 Å². The van der Waals surface area contributed by atoms with Crippen molar-refractivity contribution in [1.29, 1.82) is 0 Å². The van der Waals surface area contributed by atoms with Gasteiger partial charge in [0.1, 0.15) is 0 Å². The van der Waals surface area contributed by atoms with Crippen molar-refractivity contribution in [2.75, 3.05) is 12.4 Å². The van der Waals surface area contributed by atoms with E-state index in [2.05, 4.69) is 20.8 Å². The molecule has 0 bridgehead atoms. The monoisotopic (exact) mass is 291 g/mol. The van der Waals surface area contributed by atoms with Gasteiger partial charge in [-0.25, -0.2) is 14.3 Å². The second kappa shape index (κ2) is 3.86. The largest absolute Gasteiger partial charge is 0.304 e. The number of rotatable bonds is 2. The minimum atomic E-state index is -3.17. The van der Waals surface area contributed by atoms with Crippen molar-refractivity contribution in [3.05, 3.63) is 28.2 Å². The zero-order chi connectivity index (χ0) is 11.1. The van der Waals surface area contributed by atoms with Gasteiger partial charge in [0.25, 0.3) is 0 Å². The van der Waals surface area contributed by atoms with Gasteiger partial charge in [-0.1, -0.05) is 22.0 Å². The van der Waals surface area contributed by atoms with E-state index in [1.54, 1.807) is 12.1 Å². The van der Waals surface area contributed by atoms with Crippen LogP contribution in [0.5, 0.6) is 0 Å². The topological polar surface area (TPSA) is 69.4 Å². The minimum absolute atomic E-state index is 0.0716. The molecule has 0 amide bonds. The van der Waals surface area contributed by atoms with Gasteiger partial charge in [0.05, 0.1) is 17.3 Å². The van der Waals surface area contributed by atoms with Crippen LogP contribution in [0.4, 0.5) is 0 Å². The van der Waals surface area contributed by atoms with Gasteiger partial charge in [0.15, 0.2) is 9.84 Å². The Morgan fingerprint density at radius 2 is 2.27 bits per heavy atom. The fourth-order valence-corrected chi connectivity index (χ4v) is 4.56. The molecule has 4 nitrogen and oxygen atoms in total. The molecule has 1 heterocycles. The third-order valence-electron chi connectivity index (χ3n) is 2.47. The average molecular weight is 292 g/mol. The Labute approximate surface area is 96.4 Å². The summed E-state index contributed by atoms with van der Waals surface area (Å²) >= 11 is 3.35. The molecule has 82 valence electrons. The molecular weight excluding hydrogens is 282 g/mol. The van der Waals surface area contributed by atoms with Gasteiger partial charge in [0, 0.05) is 10.4 Å². The van der Waals surface area contributed by atoms with Crippen LogP contribution >= 0.6 is 15.9 Å². The maximum absolute atomic E-state index is 11.8. The van der Waals surface area contributed by atoms with Gasteiger partial charge in [-0.3, -0.25) is 0 Å². The normalized spacial score (nSPS) is 22.7. The molecule has 1 aromatic rings. The van der Waals surface area contributed by atoms with Crippen LogP contribution in [0.3, 0.4) is 0 Å². The molecule has 2 N–H and O–H groups in total. The predicted molar refractivity (Wildman–Crippen MR) is 59.1 cm³/mol. The van der Waals surface area contributed by atoms with Crippen molar-refractivity contribution in [3.8, 4) is 0 Å². The molecule has 0 radical (unpaired) electrons. The zero-order valence-corrected chi connectivity index (χ0v) is 10.2. The number of hydrogen-bond donors (Lipinski definition) is 1. The van der Waals surface area contributed by atoms with Gasteiger partial charge in [-0.05, 0) is 17.7 Å². The first-order valence-corrected chi connectivity index (χ1v) is 6.83. The maximum Gasteiger partial charge on any atom is 0.179 e. The average Bonchev–Trinajstić information content (AvgIpc) is 2.41. The molecular formula is C9H10BrNO3S. The molecule has 1 aliphatic rings. The SMILES string of the molecule is NOCC1CS(=O)(=O)c2cccc(Br)c21. The van der Waals surface area contributed by atoms with Crippen LogP contribution in [0.25, 0.3) is 0 Å². The summed E-state index contributed by atoms with van der Waals surface area (Å²) in [4.78, 5) is 4.93. The lowest BCUT2D eigenvalue weighted by molar-refractivity contribution is 0.127. The van der Waals surface area contributed by atoms with Crippen LogP contribution in [0, 0.1) is 0 Å². The van der Waals surface area contributed by atoms with Gasteiger partial charge in [0.2, 0.25) is 0 Å². The van der Waals surface area contributed by atoms with Crippen LogP contribution in [0.1, 0.15) is 11.5 Å². The van der Waals surface area contributed by atoms with E-state index in [-0.39, 0.29) is 18.3 Å². The summed E-state index contributed by atoms with van der Waals surface area (Å²) in [5, 5.41) is 0. The Morgan fingerprint density at radius 3 is 2.93 bits per heavy atom. The maximum atomic E-state index is 11.8. The van der Waals surface area contributed by atoms with E-state index in [0.717, 1.165) is 10.0 Å². The highest BCUT2D eigenvalue weighted by atomic mass is 79.9. The fourth-order valence-electron chi connectivity index (χ4n) is 1.87. The summed E-state index contributed by atoms with van der Waals surface area (Å²) in [6.45, 7) is 0.217. The third kappa shape index (κ3) is 1.82. The number of sulfone groups is 1. The first kappa shape index (κ1) is 11.1. The molecule has 6 heteroatoms. The van der Waals surface area contributed by atoms with Crippen LogP contribution in [0.15, 0.2) is 27.6 Å². The van der Waals surface area contributed by atoms with Crippen LogP contribution in [-0.2, 0) is 14.7 Å². The summed E-state index contributed by atoms with van der Waals surface area (Å²) in [6, 6.07) is 5.15. The van der Waals surface area contributed by atoms with Crippen molar-refractivity contribution >= 4 is 25.8 Å². The molecule has 2 rings (SSSR count). The highest BCUT2D eigenvalue weighted by molar-refractivity contribution is 9.10. The summed E-state index contributed by atoms with van der Waals surface area (Å²) in [5.41, 5.74) is 0.781. The Balaban J connectivity index is 2.59. The summed E-state index contributed by atoms with van der Waals surface area (Å²) < 4.78 is 24.3. The summed E-state index contributed by atoms with van der Waals surface area (Å²) in [6.07, 6.45) is 0. The van der Waals surface area contributed by atoms with Crippen molar-refractivity contribution in [2.24, 2.45) is 5.90 Å². The zero-order valence-electron chi connectivity index (χ0n) is 7.81. The van der Waals surface area contributed by atoms with Crippen LogP contribution in [-0.4, -0.2) is 20.8 Å². The predicted octanol–water partition coefficient (Wildman–Crippen LogP) is 1.21. The molecule has 0 fully saturated rings. The standard InChI is InChI=1S/C9H10BrNO3S/c10-7-2-1-3-8-9(7)6(4-14-11)5-15(8,12)13/h1-3,6H,4-5,11H2. The number of benzene rings is 1. The van der Waals surface area contributed by atoms with E-state index in [1.807, 2.05) is 6.07 Å². The quantitative estimate of drug-likeness (QED) is 0.832. The summed E-state index contributed by atoms with van der Waals surface area (Å²) in [5.74, 6) is 4.89. The molecule has 1 aliphatic heterocycles. The molecule has 0 saturated carbocycles. The van der Waals surface area contributed by atoms with E-state index in [1.165, 1.54) is 0 Å². The lowest BCUT2D eigenvalue weighted by Gasteiger charge is -2.09. The molecule has 0 saturated heterocycles. The lowest BCUT2D eigenvalue weighted by atomic mass is 10.0. The van der Waals surface area contributed by atoms with E-state index in [0.29, 0.717) is 4.90 Å². The van der Waals surface area contributed by atoms with E-state index >= 15 is 0 Å². The van der Waals surface area contributed by atoms with Gasteiger partial charge < -0.3 is 4.84 Å². The Morgan fingerprint density at radius 1 is 1.53 bits per heavy atom. The van der Waals surface area contributed by atoms with Gasteiger partial charge in [-0.2, -0.15) is 0 Å². The molecule has 1 atom stereocenters. The van der Waals surface area contributed by atoms with Gasteiger partial charge in [-0.15, -0.1) is 0 Å².